The van der Waals surface area contributed by atoms with E-state index in [4.69, 9.17) is 18.9 Å². The predicted octanol–water partition coefficient (Wildman–Crippen LogP) is 2.10. The Balaban J connectivity index is 1.91. The Labute approximate surface area is 163 Å². The molecule has 0 aliphatic carbocycles. The van der Waals surface area contributed by atoms with Gasteiger partial charge in [-0.15, -0.1) is 0 Å². The van der Waals surface area contributed by atoms with E-state index in [1.54, 1.807) is 6.07 Å². The predicted molar refractivity (Wildman–Crippen MR) is 104 cm³/mol. The number of esters is 1. The second-order valence-electron chi connectivity index (χ2n) is 5.61. The van der Waals surface area contributed by atoms with Crippen LogP contribution < -0.4 is 24.8 Å². The lowest BCUT2D eigenvalue weighted by Crippen LogP contribution is -2.33. The number of rotatable bonds is 10. The summed E-state index contributed by atoms with van der Waals surface area (Å²) < 4.78 is 20.7. The third-order valence-corrected chi connectivity index (χ3v) is 3.80. The number of anilines is 1. The molecule has 0 heterocycles. The molecule has 8 nitrogen and oxygen atoms in total. The molecule has 1 amide bonds. The third-order valence-electron chi connectivity index (χ3n) is 3.80. The topological polar surface area (TPSA) is 95.1 Å². The zero-order valence-corrected chi connectivity index (χ0v) is 16.1. The zero-order valence-electron chi connectivity index (χ0n) is 16.1. The monoisotopic (exact) mass is 388 g/mol. The molecule has 0 bridgehead atoms. The van der Waals surface area contributed by atoms with Crippen LogP contribution in [0.5, 0.6) is 17.2 Å². The summed E-state index contributed by atoms with van der Waals surface area (Å²) in [6.07, 6.45) is 0. The van der Waals surface area contributed by atoms with Gasteiger partial charge in [-0.05, 0) is 12.1 Å². The Hall–Kier alpha value is -3.42. The standard InChI is InChI=1S/C20H24N2O6/c1-25-17-11-15(20(24)27-3)16(12-18(17)26-2)22-13-19(23)21-9-10-28-14-7-5-4-6-8-14/h4-8,11-12,22H,9-10,13H2,1-3H3,(H,21,23). The summed E-state index contributed by atoms with van der Waals surface area (Å²) in [5.41, 5.74) is 0.639. The van der Waals surface area contributed by atoms with Crippen LogP contribution in [0.1, 0.15) is 10.4 Å². The Morgan fingerprint density at radius 1 is 0.964 bits per heavy atom. The zero-order chi connectivity index (χ0) is 20.4. The highest BCUT2D eigenvalue weighted by Gasteiger charge is 2.18. The van der Waals surface area contributed by atoms with Crippen LogP contribution >= 0.6 is 0 Å². The van der Waals surface area contributed by atoms with E-state index in [2.05, 4.69) is 10.6 Å². The van der Waals surface area contributed by atoms with Crippen molar-refractivity contribution in [1.82, 2.24) is 5.32 Å². The van der Waals surface area contributed by atoms with Gasteiger partial charge in [0.1, 0.15) is 12.4 Å². The summed E-state index contributed by atoms with van der Waals surface area (Å²) in [5, 5.41) is 5.66. The molecular weight excluding hydrogens is 364 g/mol. The molecule has 150 valence electrons. The fourth-order valence-electron chi connectivity index (χ4n) is 2.42. The minimum Gasteiger partial charge on any atom is -0.493 e. The summed E-state index contributed by atoms with van der Waals surface area (Å²) in [4.78, 5) is 24.1. The SMILES string of the molecule is COC(=O)c1cc(OC)c(OC)cc1NCC(=O)NCCOc1ccccc1. The van der Waals surface area contributed by atoms with Crippen molar-refractivity contribution in [2.45, 2.75) is 0 Å². The van der Waals surface area contributed by atoms with Gasteiger partial charge in [0.15, 0.2) is 11.5 Å². The molecule has 0 unspecified atom stereocenters. The summed E-state index contributed by atoms with van der Waals surface area (Å²) in [5.74, 6) is 0.746. The fourth-order valence-corrected chi connectivity index (χ4v) is 2.42. The van der Waals surface area contributed by atoms with E-state index < -0.39 is 5.97 Å². The number of amides is 1. The Bertz CT molecular complexity index is 795. The molecule has 2 N–H and O–H groups in total. The first-order valence-electron chi connectivity index (χ1n) is 8.61. The first-order chi connectivity index (χ1) is 13.6. The van der Waals surface area contributed by atoms with Crippen LogP contribution in [-0.4, -0.2) is 52.9 Å². The molecule has 0 atom stereocenters. The van der Waals surface area contributed by atoms with Crippen LogP contribution in [0.15, 0.2) is 42.5 Å². The molecule has 0 aliphatic heterocycles. The molecule has 0 saturated heterocycles. The summed E-state index contributed by atoms with van der Waals surface area (Å²) >= 11 is 0. The van der Waals surface area contributed by atoms with Gasteiger partial charge in [0, 0.05) is 12.1 Å². The Morgan fingerprint density at radius 3 is 2.29 bits per heavy atom. The van der Waals surface area contributed by atoms with Crippen LogP contribution in [0, 0.1) is 0 Å². The highest BCUT2D eigenvalue weighted by Crippen LogP contribution is 2.33. The Kier molecular flexibility index (Phi) is 7.95. The number of para-hydroxylation sites is 1. The van der Waals surface area contributed by atoms with E-state index in [9.17, 15) is 9.59 Å². The summed E-state index contributed by atoms with van der Waals surface area (Å²) in [6.45, 7) is 0.662. The van der Waals surface area contributed by atoms with Gasteiger partial charge in [0.25, 0.3) is 0 Å². The van der Waals surface area contributed by atoms with E-state index >= 15 is 0 Å². The number of ether oxygens (including phenoxy) is 4. The molecule has 0 fully saturated rings. The van der Waals surface area contributed by atoms with E-state index in [0.29, 0.717) is 30.3 Å². The molecule has 0 spiro atoms. The van der Waals surface area contributed by atoms with Crippen molar-refractivity contribution in [1.29, 1.82) is 0 Å². The second-order valence-corrected chi connectivity index (χ2v) is 5.61. The minimum absolute atomic E-state index is 0.0369. The second kappa shape index (κ2) is 10.7. The molecule has 0 radical (unpaired) electrons. The average molecular weight is 388 g/mol. The molecule has 28 heavy (non-hydrogen) atoms. The van der Waals surface area contributed by atoms with Gasteiger partial charge in [-0.25, -0.2) is 4.79 Å². The van der Waals surface area contributed by atoms with Gasteiger partial charge >= 0.3 is 5.97 Å². The van der Waals surface area contributed by atoms with Crippen molar-refractivity contribution in [2.75, 3.05) is 46.3 Å². The molecule has 8 heteroatoms. The average Bonchev–Trinajstić information content (AvgIpc) is 2.74. The van der Waals surface area contributed by atoms with Crippen molar-refractivity contribution in [3.63, 3.8) is 0 Å². The van der Waals surface area contributed by atoms with Crippen LogP contribution in [0.3, 0.4) is 0 Å². The quantitative estimate of drug-likeness (QED) is 0.475. The number of carbonyl (C=O) groups excluding carboxylic acids is 2. The first-order valence-corrected chi connectivity index (χ1v) is 8.61. The van der Waals surface area contributed by atoms with Crippen LogP contribution in [0.4, 0.5) is 5.69 Å². The van der Waals surface area contributed by atoms with Gasteiger partial charge in [-0.1, -0.05) is 18.2 Å². The maximum atomic E-state index is 12.1. The maximum Gasteiger partial charge on any atom is 0.340 e. The lowest BCUT2D eigenvalue weighted by atomic mass is 10.1. The maximum absolute atomic E-state index is 12.1. The van der Waals surface area contributed by atoms with E-state index in [-0.39, 0.29) is 18.0 Å². The molecule has 2 aromatic rings. The van der Waals surface area contributed by atoms with Crippen LogP contribution in [0.2, 0.25) is 0 Å². The number of carbonyl (C=O) groups is 2. The minimum atomic E-state index is -0.555. The number of hydrogen-bond donors (Lipinski definition) is 2. The highest BCUT2D eigenvalue weighted by molar-refractivity contribution is 5.97. The van der Waals surface area contributed by atoms with E-state index in [1.165, 1.54) is 27.4 Å². The van der Waals surface area contributed by atoms with Gasteiger partial charge < -0.3 is 29.6 Å². The number of benzene rings is 2. The number of hydrogen-bond acceptors (Lipinski definition) is 7. The van der Waals surface area contributed by atoms with Gasteiger partial charge in [0.05, 0.1) is 45.7 Å². The van der Waals surface area contributed by atoms with Crippen molar-refractivity contribution in [3.05, 3.63) is 48.0 Å². The smallest absolute Gasteiger partial charge is 0.340 e. The van der Waals surface area contributed by atoms with Gasteiger partial charge in [-0.2, -0.15) is 0 Å². The lowest BCUT2D eigenvalue weighted by molar-refractivity contribution is -0.119. The van der Waals surface area contributed by atoms with Crippen LogP contribution in [-0.2, 0) is 9.53 Å². The molecule has 0 saturated carbocycles. The molecule has 2 aromatic carbocycles. The van der Waals surface area contributed by atoms with Crippen LogP contribution in [0.25, 0.3) is 0 Å². The van der Waals surface area contributed by atoms with E-state index in [1.807, 2.05) is 30.3 Å². The molecule has 0 aromatic heterocycles. The van der Waals surface area contributed by atoms with Gasteiger partial charge in [-0.3, -0.25) is 4.79 Å². The fraction of sp³-hybridized carbons (Fsp3) is 0.300. The lowest BCUT2D eigenvalue weighted by Gasteiger charge is -2.15. The third kappa shape index (κ3) is 5.80. The normalized spacial score (nSPS) is 9.96. The van der Waals surface area contributed by atoms with Crippen molar-refractivity contribution in [2.24, 2.45) is 0 Å². The highest BCUT2D eigenvalue weighted by atomic mass is 16.5. The first kappa shape index (κ1) is 20.9. The number of methoxy groups -OCH3 is 3. The number of nitrogens with one attached hydrogen (secondary N) is 2. The molecular formula is C20H24N2O6. The summed E-state index contributed by atoms with van der Waals surface area (Å²) in [6, 6.07) is 12.4. The summed E-state index contributed by atoms with van der Waals surface area (Å²) in [7, 11) is 4.23. The largest absolute Gasteiger partial charge is 0.493 e. The van der Waals surface area contributed by atoms with Gasteiger partial charge in [0.2, 0.25) is 5.91 Å². The van der Waals surface area contributed by atoms with E-state index in [0.717, 1.165) is 5.75 Å². The van der Waals surface area contributed by atoms with Crippen molar-refractivity contribution >= 4 is 17.6 Å². The van der Waals surface area contributed by atoms with Crippen molar-refractivity contribution in [3.8, 4) is 17.2 Å². The molecule has 0 aliphatic rings. The van der Waals surface area contributed by atoms with Crippen molar-refractivity contribution < 1.29 is 28.5 Å². The molecule has 2 rings (SSSR count). The Morgan fingerprint density at radius 2 is 1.64 bits per heavy atom.